The van der Waals surface area contributed by atoms with E-state index >= 15 is 0 Å². The van der Waals surface area contributed by atoms with Crippen LogP contribution in [0.4, 0.5) is 4.79 Å². The molecule has 21 heavy (non-hydrogen) atoms. The molecule has 2 aliphatic heterocycles. The lowest BCUT2D eigenvalue weighted by Crippen LogP contribution is -2.58. The number of urea groups is 1. The minimum atomic E-state index is -0.810. The van der Waals surface area contributed by atoms with Crippen molar-refractivity contribution in [2.75, 3.05) is 26.2 Å². The molecule has 2 saturated heterocycles. The number of piperidine rings is 1. The van der Waals surface area contributed by atoms with Crippen LogP contribution in [-0.4, -0.2) is 65.3 Å². The standard InChI is InChI=1S/C15H24N2O4/c1-15(13(18)19)6-3-7-16(10-15)14(20)17-8-9-21-12-5-2-4-11(12)17/h11-12H,2-10H2,1H3,(H,18,19). The number of carboxylic acids is 1. The first-order valence-corrected chi connectivity index (χ1v) is 7.92. The van der Waals surface area contributed by atoms with Gasteiger partial charge in [0.25, 0.3) is 0 Å². The van der Waals surface area contributed by atoms with E-state index in [9.17, 15) is 14.7 Å². The van der Waals surface area contributed by atoms with Gasteiger partial charge in [0.2, 0.25) is 0 Å². The molecular formula is C15H24N2O4. The summed E-state index contributed by atoms with van der Waals surface area (Å²) in [5, 5.41) is 9.39. The Morgan fingerprint density at radius 1 is 1.24 bits per heavy atom. The largest absolute Gasteiger partial charge is 0.481 e. The molecule has 1 aliphatic carbocycles. The molecule has 0 spiro atoms. The summed E-state index contributed by atoms with van der Waals surface area (Å²) in [5.41, 5.74) is -0.810. The Morgan fingerprint density at radius 2 is 2.05 bits per heavy atom. The van der Waals surface area contributed by atoms with E-state index in [1.54, 1.807) is 11.8 Å². The second-order valence-electron chi connectivity index (χ2n) is 6.77. The molecule has 6 heteroatoms. The lowest BCUT2D eigenvalue weighted by atomic mass is 9.82. The van der Waals surface area contributed by atoms with Gasteiger partial charge < -0.3 is 19.6 Å². The highest BCUT2D eigenvalue weighted by molar-refractivity contribution is 5.79. The highest BCUT2D eigenvalue weighted by Crippen LogP contribution is 2.33. The van der Waals surface area contributed by atoms with Gasteiger partial charge in [0, 0.05) is 19.6 Å². The fraction of sp³-hybridized carbons (Fsp3) is 0.867. The van der Waals surface area contributed by atoms with Gasteiger partial charge in [-0.1, -0.05) is 0 Å². The number of morpholine rings is 1. The van der Waals surface area contributed by atoms with Gasteiger partial charge in [-0.2, -0.15) is 0 Å². The average Bonchev–Trinajstić information content (AvgIpc) is 2.94. The maximum absolute atomic E-state index is 12.8. The van der Waals surface area contributed by atoms with Crippen molar-refractivity contribution >= 4 is 12.0 Å². The van der Waals surface area contributed by atoms with E-state index in [1.165, 1.54) is 0 Å². The van der Waals surface area contributed by atoms with Gasteiger partial charge in [-0.25, -0.2) is 4.79 Å². The van der Waals surface area contributed by atoms with E-state index in [4.69, 9.17) is 4.74 Å². The van der Waals surface area contributed by atoms with Crippen molar-refractivity contribution in [3.63, 3.8) is 0 Å². The van der Waals surface area contributed by atoms with Gasteiger partial charge in [0.15, 0.2) is 0 Å². The highest BCUT2D eigenvalue weighted by Gasteiger charge is 2.44. The van der Waals surface area contributed by atoms with E-state index in [1.807, 2.05) is 4.90 Å². The molecule has 6 nitrogen and oxygen atoms in total. The van der Waals surface area contributed by atoms with Crippen LogP contribution in [0.3, 0.4) is 0 Å². The number of hydrogen-bond acceptors (Lipinski definition) is 3. The van der Waals surface area contributed by atoms with Crippen LogP contribution in [0, 0.1) is 5.41 Å². The normalized spacial score (nSPS) is 36.4. The molecule has 3 aliphatic rings. The minimum absolute atomic E-state index is 0.00220. The number of likely N-dealkylation sites (tertiary alicyclic amines) is 1. The Hall–Kier alpha value is -1.30. The summed E-state index contributed by atoms with van der Waals surface area (Å²) in [6, 6.07) is 0.187. The third-order valence-corrected chi connectivity index (χ3v) is 5.21. The van der Waals surface area contributed by atoms with Crippen molar-refractivity contribution in [3.8, 4) is 0 Å². The summed E-state index contributed by atoms with van der Waals surface area (Å²) in [7, 11) is 0. The van der Waals surface area contributed by atoms with Gasteiger partial charge in [-0.15, -0.1) is 0 Å². The number of nitrogens with zero attached hydrogens (tertiary/aromatic N) is 2. The zero-order valence-electron chi connectivity index (χ0n) is 12.6. The fourth-order valence-electron chi connectivity index (χ4n) is 3.92. The second-order valence-corrected chi connectivity index (χ2v) is 6.77. The van der Waals surface area contributed by atoms with Gasteiger partial charge in [0.1, 0.15) is 0 Å². The number of hydrogen-bond donors (Lipinski definition) is 1. The number of ether oxygens (including phenoxy) is 1. The molecule has 118 valence electrons. The third-order valence-electron chi connectivity index (χ3n) is 5.21. The Balaban J connectivity index is 1.71. The first-order chi connectivity index (χ1) is 10.0. The number of carboxylic acid groups (broad SMARTS) is 1. The fourth-order valence-corrected chi connectivity index (χ4v) is 3.92. The zero-order chi connectivity index (χ0) is 15.0. The van der Waals surface area contributed by atoms with Crippen LogP contribution >= 0.6 is 0 Å². The van der Waals surface area contributed by atoms with Crippen molar-refractivity contribution in [1.82, 2.24) is 9.80 Å². The van der Waals surface area contributed by atoms with Crippen molar-refractivity contribution in [3.05, 3.63) is 0 Å². The molecule has 2 amide bonds. The zero-order valence-corrected chi connectivity index (χ0v) is 12.6. The van der Waals surface area contributed by atoms with Crippen LogP contribution in [0.1, 0.15) is 39.0 Å². The van der Waals surface area contributed by atoms with Crippen LogP contribution in [0.15, 0.2) is 0 Å². The SMILES string of the molecule is CC1(C(=O)O)CCCN(C(=O)N2CCOC3CCCC32)C1. The molecular weight excluding hydrogens is 272 g/mol. The first kappa shape index (κ1) is 14.6. The molecule has 0 bridgehead atoms. The number of aliphatic carboxylic acids is 1. The number of amides is 2. The van der Waals surface area contributed by atoms with Crippen LogP contribution in [-0.2, 0) is 9.53 Å². The van der Waals surface area contributed by atoms with E-state index < -0.39 is 11.4 Å². The molecule has 1 N–H and O–H groups in total. The monoisotopic (exact) mass is 296 g/mol. The molecule has 3 fully saturated rings. The molecule has 0 aromatic rings. The van der Waals surface area contributed by atoms with Crippen LogP contribution < -0.4 is 0 Å². The number of carbonyl (C=O) groups is 2. The average molecular weight is 296 g/mol. The molecule has 3 unspecified atom stereocenters. The Labute approximate surface area is 125 Å². The molecule has 3 atom stereocenters. The Bertz CT molecular complexity index is 441. The van der Waals surface area contributed by atoms with Crippen LogP contribution in [0.2, 0.25) is 0 Å². The van der Waals surface area contributed by atoms with Crippen LogP contribution in [0.5, 0.6) is 0 Å². The molecule has 1 saturated carbocycles. The summed E-state index contributed by atoms with van der Waals surface area (Å²) < 4.78 is 5.74. The molecule has 0 radical (unpaired) electrons. The summed E-state index contributed by atoms with van der Waals surface area (Å²) in [6.45, 7) is 3.94. The Morgan fingerprint density at radius 3 is 2.81 bits per heavy atom. The maximum atomic E-state index is 12.8. The van der Waals surface area contributed by atoms with E-state index in [2.05, 4.69) is 0 Å². The van der Waals surface area contributed by atoms with Crippen molar-refractivity contribution < 1.29 is 19.4 Å². The van der Waals surface area contributed by atoms with Gasteiger partial charge in [-0.05, 0) is 39.0 Å². The summed E-state index contributed by atoms with van der Waals surface area (Å²) in [5.74, 6) is -0.805. The first-order valence-electron chi connectivity index (χ1n) is 7.92. The lowest BCUT2D eigenvalue weighted by Gasteiger charge is -2.44. The molecule has 0 aromatic heterocycles. The predicted molar refractivity (Wildman–Crippen MR) is 76.0 cm³/mol. The summed E-state index contributed by atoms with van der Waals surface area (Å²) >= 11 is 0. The molecule has 3 rings (SSSR count). The minimum Gasteiger partial charge on any atom is -0.481 e. The number of fused-ring (bicyclic) bond motifs is 1. The van der Waals surface area contributed by atoms with Crippen molar-refractivity contribution in [2.24, 2.45) is 5.41 Å². The highest BCUT2D eigenvalue weighted by atomic mass is 16.5. The summed E-state index contributed by atoms with van der Waals surface area (Å²) in [6.07, 6.45) is 4.71. The Kier molecular flexibility index (Phi) is 3.82. The lowest BCUT2D eigenvalue weighted by molar-refractivity contribution is -0.150. The predicted octanol–water partition coefficient (Wildman–Crippen LogP) is 1.55. The van der Waals surface area contributed by atoms with Crippen LogP contribution in [0.25, 0.3) is 0 Å². The maximum Gasteiger partial charge on any atom is 0.320 e. The topological polar surface area (TPSA) is 70.1 Å². The van der Waals surface area contributed by atoms with Gasteiger partial charge in [-0.3, -0.25) is 4.79 Å². The van der Waals surface area contributed by atoms with E-state index in [0.717, 1.165) is 25.7 Å². The van der Waals surface area contributed by atoms with Gasteiger partial charge >= 0.3 is 12.0 Å². The number of rotatable bonds is 1. The molecule has 0 aromatic carbocycles. The number of carbonyl (C=O) groups excluding carboxylic acids is 1. The third kappa shape index (κ3) is 2.61. The van der Waals surface area contributed by atoms with Gasteiger partial charge in [0.05, 0.1) is 24.2 Å². The second kappa shape index (κ2) is 5.48. The van der Waals surface area contributed by atoms with Crippen molar-refractivity contribution in [2.45, 2.75) is 51.2 Å². The van der Waals surface area contributed by atoms with E-state index in [0.29, 0.717) is 32.7 Å². The smallest absolute Gasteiger partial charge is 0.320 e. The van der Waals surface area contributed by atoms with E-state index in [-0.39, 0.29) is 18.2 Å². The quantitative estimate of drug-likeness (QED) is 0.797. The summed E-state index contributed by atoms with van der Waals surface area (Å²) in [4.78, 5) is 27.9. The molecule has 2 heterocycles. The van der Waals surface area contributed by atoms with Crippen molar-refractivity contribution in [1.29, 1.82) is 0 Å².